The highest BCUT2D eigenvalue weighted by Crippen LogP contribution is 2.19. The second kappa shape index (κ2) is 7.08. The number of primary sulfonamides is 1. The number of rotatable bonds is 6. The number of benzene rings is 1. The Hall–Kier alpha value is -1.84. The van der Waals surface area contributed by atoms with Gasteiger partial charge in [-0.3, -0.25) is 4.79 Å². The van der Waals surface area contributed by atoms with Gasteiger partial charge in [0.1, 0.15) is 0 Å². The standard InChI is InChI=1S/C14H18N2O3S/c1-3-4-5-6-7-14(17)16-12-9-8-11(2)13(10-12)20(15,18)19/h1,8-10H,4-7H2,2H3,(H,16,17)(H2,15,18,19). The molecule has 0 spiro atoms. The van der Waals surface area contributed by atoms with Crippen molar-refractivity contribution >= 4 is 21.6 Å². The zero-order valence-corrected chi connectivity index (χ0v) is 12.2. The summed E-state index contributed by atoms with van der Waals surface area (Å²) in [6, 6.07) is 4.61. The second-order valence-corrected chi connectivity index (χ2v) is 6.01. The molecular weight excluding hydrogens is 276 g/mol. The van der Waals surface area contributed by atoms with Crippen molar-refractivity contribution in [3.63, 3.8) is 0 Å². The minimum absolute atomic E-state index is 0.0163. The number of amides is 1. The summed E-state index contributed by atoms with van der Waals surface area (Å²) in [6.07, 6.45) is 7.61. The molecule has 0 saturated heterocycles. The molecule has 3 N–H and O–H groups in total. The van der Waals surface area contributed by atoms with Gasteiger partial charge in [-0.2, -0.15) is 0 Å². The average molecular weight is 294 g/mol. The van der Waals surface area contributed by atoms with Gasteiger partial charge in [0.15, 0.2) is 0 Å². The zero-order valence-electron chi connectivity index (χ0n) is 11.3. The van der Waals surface area contributed by atoms with Crippen molar-refractivity contribution in [2.45, 2.75) is 37.5 Å². The fourth-order valence-electron chi connectivity index (χ4n) is 1.72. The molecule has 0 fully saturated rings. The van der Waals surface area contributed by atoms with Crippen molar-refractivity contribution in [1.29, 1.82) is 0 Å². The van der Waals surface area contributed by atoms with Gasteiger partial charge >= 0.3 is 0 Å². The van der Waals surface area contributed by atoms with Gasteiger partial charge < -0.3 is 5.32 Å². The SMILES string of the molecule is C#CCCCCC(=O)Nc1ccc(C)c(S(N)(=O)=O)c1. The van der Waals surface area contributed by atoms with E-state index in [4.69, 9.17) is 11.6 Å². The molecule has 6 heteroatoms. The lowest BCUT2D eigenvalue weighted by Gasteiger charge is -2.08. The third kappa shape index (κ3) is 5.03. The van der Waals surface area contributed by atoms with Crippen LogP contribution in [0.25, 0.3) is 0 Å². The summed E-state index contributed by atoms with van der Waals surface area (Å²) in [5.74, 6) is 2.33. The summed E-state index contributed by atoms with van der Waals surface area (Å²) < 4.78 is 22.8. The summed E-state index contributed by atoms with van der Waals surface area (Å²) in [5.41, 5.74) is 0.959. The third-order valence-electron chi connectivity index (χ3n) is 2.75. The van der Waals surface area contributed by atoms with Crippen LogP contribution in [0.4, 0.5) is 5.69 Å². The van der Waals surface area contributed by atoms with Crippen LogP contribution in [-0.2, 0) is 14.8 Å². The van der Waals surface area contributed by atoms with E-state index >= 15 is 0 Å². The minimum atomic E-state index is -3.79. The number of unbranched alkanes of at least 4 members (excludes halogenated alkanes) is 2. The molecule has 0 aromatic heterocycles. The topological polar surface area (TPSA) is 89.3 Å². The number of nitrogens with one attached hydrogen (secondary N) is 1. The first kappa shape index (κ1) is 16.2. The number of carbonyl (C=O) groups excluding carboxylic acids is 1. The number of hydrogen-bond donors (Lipinski definition) is 2. The molecule has 1 aromatic rings. The van der Waals surface area contributed by atoms with E-state index in [1.807, 2.05) is 0 Å². The summed E-state index contributed by atoms with van der Waals surface area (Å²) in [5, 5.41) is 7.76. The van der Waals surface area contributed by atoms with Crippen molar-refractivity contribution in [1.82, 2.24) is 0 Å². The van der Waals surface area contributed by atoms with E-state index < -0.39 is 10.0 Å². The molecule has 0 radical (unpaired) electrons. The van der Waals surface area contributed by atoms with Gasteiger partial charge in [-0.05, 0) is 37.5 Å². The van der Waals surface area contributed by atoms with Crippen LogP contribution in [0.15, 0.2) is 23.1 Å². The van der Waals surface area contributed by atoms with Crippen LogP contribution in [-0.4, -0.2) is 14.3 Å². The minimum Gasteiger partial charge on any atom is -0.326 e. The van der Waals surface area contributed by atoms with E-state index in [0.717, 1.165) is 6.42 Å². The largest absolute Gasteiger partial charge is 0.326 e. The van der Waals surface area contributed by atoms with Crippen molar-refractivity contribution < 1.29 is 13.2 Å². The third-order valence-corrected chi connectivity index (χ3v) is 3.81. The maximum absolute atomic E-state index is 11.7. The van der Waals surface area contributed by atoms with Crippen molar-refractivity contribution in [2.24, 2.45) is 5.14 Å². The number of terminal acetylenes is 1. The van der Waals surface area contributed by atoms with Gasteiger partial charge in [0.25, 0.3) is 0 Å². The van der Waals surface area contributed by atoms with E-state index in [1.54, 1.807) is 19.1 Å². The Bertz CT molecular complexity index is 630. The fraction of sp³-hybridized carbons (Fsp3) is 0.357. The van der Waals surface area contributed by atoms with Gasteiger partial charge in [-0.15, -0.1) is 12.3 Å². The molecule has 0 saturated carbocycles. The van der Waals surface area contributed by atoms with Gasteiger partial charge in [0.2, 0.25) is 15.9 Å². The number of aryl methyl sites for hydroxylation is 1. The predicted octanol–water partition coefficient (Wildman–Crippen LogP) is 1.77. The lowest BCUT2D eigenvalue weighted by molar-refractivity contribution is -0.116. The van der Waals surface area contributed by atoms with Crippen molar-refractivity contribution in [3.8, 4) is 12.3 Å². The first-order valence-corrected chi connectivity index (χ1v) is 7.76. The van der Waals surface area contributed by atoms with Crippen LogP contribution in [0.2, 0.25) is 0 Å². The molecule has 0 atom stereocenters. The van der Waals surface area contributed by atoms with Crippen molar-refractivity contribution in [2.75, 3.05) is 5.32 Å². The fourth-order valence-corrected chi connectivity index (χ4v) is 2.53. The molecule has 20 heavy (non-hydrogen) atoms. The number of hydrogen-bond acceptors (Lipinski definition) is 3. The highest BCUT2D eigenvalue weighted by atomic mass is 32.2. The van der Waals surface area contributed by atoms with Crippen LogP contribution in [0, 0.1) is 19.3 Å². The van der Waals surface area contributed by atoms with E-state index in [1.165, 1.54) is 6.07 Å². The molecule has 1 aromatic carbocycles. The maximum Gasteiger partial charge on any atom is 0.238 e. The zero-order chi connectivity index (χ0) is 15.2. The van der Waals surface area contributed by atoms with Crippen LogP contribution in [0.1, 0.15) is 31.2 Å². The number of carbonyl (C=O) groups is 1. The number of sulfonamides is 1. The van der Waals surface area contributed by atoms with Gasteiger partial charge in [0, 0.05) is 18.5 Å². The number of nitrogens with two attached hydrogens (primary N) is 1. The van der Waals surface area contributed by atoms with E-state index in [0.29, 0.717) is 30.5 Å². The monoisotopic (exact) mass is 294 g/mol. The second-order valence-electron chi connectivity index (χ2n) is 4.48. The Morgan fingerprint density at radius 3 is 2.70 bits per heavy atom. The molecule has 0 aliphatic heterocycles. The van der Waals surface area contributed by atoms with E-state index in [9.17, 15) is 13.2 Å². The van der Waals surface area contributed by atoms with Gasteiger partial charge in [-0.1, -0.05) is 6.07 Å². The number of anilines is 1. The molecule has 1 rings (SSSR count). The summed E-state index contributed by atoms with van der Waals surface area (Å²) in [6.45, 7) is 1.64. The lowest BCUT2D eigenvalue weighted by Crippen LogP contribution is -2.15. The molecule has 0 bridgehead atoms. The molecule has 0 aliphatic carbocycles. The molecule has 0 aliphatic rings. The molecule has 108 valence electrons. The highest BCUT2D eigenvalue weighted by molar-refractivity contribution is 7.89. The Kier molecular flexibility index (Phi) is 5.74. The summed E-state index contributed by atoms with van der Waals surface area (Å²) in [4.78, 5) is 11.7. The van der Waals surface area contributed by atoms with E-state index in [2.05, 4.69) is 11.2 Å². The quantitative estimate of drug-likeness (QED) is 0.619. The van der Waals surface area contributed by atoms with Crippen molar-refractivity contribution in [3.05, 3.63) is 23.8 Å². The predicted molar refractivity (Wildman–Crippen MR) is 78.5 cm³/mol. The summed E-state index contributed by atoms with van der Waals surface area (Å²) >= 11 is 0. The Labute approximate surface area is 119 Å². The Morgan fingerprint density at radius 2 is 2.10 bits per heavy atom. The smallest absolute Gasteiger partial charge is 0.238 e. The molecular formula is C14H18N2O3S. The first-order chi connectivity index (χ1) is 9.34. The lowest BCUT2D eigenvalue weighted by atomic mass is 10.2. The van der Waals surface area contributed by atoms with E-state index in [-0.39, 0.29) is 10.8 Å². The summed E-state index contributed by atoms with van der Waals surface area (Å²) in [7, 11) is -3.79. The van der Waals surface area contributed by atoms with Gasteiger partial charge in [0.05, 0.1) is 4.90 Å². The van der Waals surface area contributed by atoms with Crippen LogP contribution in [0.5, 0.6) is 0 Å². The maximum atomic E-state index is 11.7. The molecule has 0 heterocycles. The first-order valence-electron chi connectivity index (χ1n) is 6.21. The molecule has 0 unspecified atom stereocenters. The van der Waals surface area contributed by atoms with Crippen LogP contribution < -0.4 is 10.5 Å². The molecule has 5 nitrogen and oxygen atoms in total. The normalized spacial score (nSPS) is 10.8. The Morgan fingerprint density at radius 1 is 1.40 bits per heavy atom. The molecule has 1 amide bonds. The highest BCUT2D eigenvalue weighted by Gasteiger charge is 2.13. The average Bonchev–Trinajstić information content (AvgIpc) is 2.36. The van der Waals surface area contributed by atoms with Gasteiger partial charge in [-0.25, -0.2) is 13.6 Å². The van der Waals surface area contributed by atoms with Crippen LogP contribution in [0.3, 0.4) is 0 Å². The Balaban J connectivity index is 2.70. The van der Waals surface area contributed by atoms with Crippen LogP contribution >= 0.6 is 0 Å².